The molecule has 2 saturated heterocycles. The maximum Gasteiger partial charge on any atom is 0.332 e. The maximum absolute atomic E-state index is 12.9. The Morgan fingerprint density at radius 3 is 2.53 bits per heavy atom. The largest absolute Gasteiger partial charge is 0.386 e. The van der Waals surface area contributed by atoms with Crippen molar-refractivity contribution < 1.29 is 19.4 Å². The van der Waals surface area contributed by atoms with Crippen LogP contribution in [0.2, 0.25) is 0 Å². The van der Waals surface area contributed by atoms with Crippen LogP contribution in [0, 0.1) is 0 Å². The monoisotopic (exact) mass is 477 g/mol. The molecule has 4 heterocycles. The van der Waals surface area contributed by atoms with Crippen LogP contribution in [0.15, 0.2) is 15.9 Å². The number of fused-ring (bicyclic) bond motifs is 1. The van der Waals surface area contributed by atoms with Crippen molar-refractivity contribution in [2.45, 2.75) is 55.9 Å². The molecular weight excluding hydrogens is 446 g/mol. The zero-order chi connectivity index (χ0) is 25.0. The third kappa shape index (κ3) is 3.93. The minimum absolute atomic E-state index is 0.0263. The fraction of sp³-hybridized carbons (Fsp3) is 0.667. The summed E-state index contributed by atoms with van der Waals surface area (Å²) in [4.78, 5) is 54.8. The lowest BCUT2D eigenvalue weighted by Crippen LogP contribution is -2.58. The molecule has 4 rings (SSSR count). The van der Waals surface area contributed by atoms with E-state index in [1.54, 1.807) is 23.4 Å². The number of hydrogen-bond acceptors (Lipinski definition) is 8. The summed E-state index contributed by atoms with van der Waals surface area (Å²) in [7, 11) is 2.95. The minimum atomic E-state index is -1.30. The third-order valence-electron chi connectivity index (χ3n) is 7.19. The SMILES string of the molecule is Cn1c(=O)c2c(ncn2[C@H]2CC3(CCN(C(=O)[C@H](N)CC(N)=O)CC3)OC[C@]2(C)O)n(C)c1=O. The van der Waals surface area contributed by atoms with E-state index < -0.39 is 40.4 Å². The molecule has 0 saturated carbocycles. The highest BCUT2D eigenvalue weighted by Gasteiger charge is 2.50. The Balaban J connectivity index is 1.61. The number of nitrogens with zero attached hydrogens (tertiary/aromatic N) is 5. The molecule has 2 aromatic heterocycles. The number of aliphatic hydroxyl groups is 1. The number of nitrogens with two attached hydrogens (primary N) is 2. The topological polar surface area (TPSA) is 181 Å². The molecule has 13 nitrogen and oxygen atoms in total. The second-order valence-electron chi connectivity index (χ2n) is 9.68. The van der Waals surface area contributed by atoms with Crippen molar-refractivity contribution in [3.05, 3.63) is 27.2 Å². The van der Waals surface area contributed by atoms with Gasteiger partial charge in [0.15, 0.2) is 11.2 Å². The van der Waals surface area contributed by atoms with Crippen LogP contribution < -0.4 is 22.7 Å². The van der Waals surface area contributed by atoms with E-state index in [1.165, 1.54) is 17.9 Å². The van der Waals surface area contributed by atoms with Gasteiger partial charge >= 0.3 is 5.69 Å². The summed E-state index contributed by atoms with van der Waals surface area (Å²) in [6, 6.07) is -1.52. The summed E-state index contributed by atoms with van der Waals surface area (Å²) < 4.78 is 10.1. The van der Waals surface area contributed by atoms with Gasteiger partial charge in [0.2, 0.25) is 11.8 Å². The standard InChI is InChI=1S/C21H31N7O6/c1-20(33)10-34-21(4-6-27(7-5-21)17(30)12(22)8-14(23)29)9-13(20)28-11-24-16-15(28)18(31)26(3)19(32)25(16)2/h11-13,33H,4-10,22H2,1-3H3,(H2,23,29)/t12-,13+,20+/m1/s1. The molecule has 2 fully saturated rings. The number of imidazole rings is 1. The van der Waals surface area contributed by atoms with Crippen molar-refractivity contribution in [3.63, 3.8) is 0 Å². The molecule has 0 aromatic carbocycles. The van der Waals surface area contributed by atoms with Crippen LogP contribution in [0.1, 0.15) is 38.6 Å². The second-order valence-corrected chi connectivity index (χ2v) is 9.68. The Labute approximate surface area is 194 Å². The number of aryl methyl sites for hydroxylation is 1. The van der Waals surface area contributed by atoms with Crippen LogP contribution in [-0.2, 0) is 28.4 Å². The van der Waals surface area contributed by atoms with Gasteiger partial charge in [0.25, 0.3) is 5.56 Å². The first-order chi connectivity index (χ1) is 15.9. The lowest BCUT2D eigenvalue weighted by atomic mass is 9.77. The van der Waals surface area contributed by atoms with Crippen LogP contribution in [0.3, 0.4) is 0 Å². The number of rotatable bonds is 4. The number of carbonyl (C=O) groups excluding carboxylic acids is 2. The number of carbonyl (C=O) groups is 2. The van der Waals surface area contributed by atoms with Crippen molar-refractivity contribution in [1.82, 2.24) is 23.6 Å². The van der Waals surface area contributed by atoms with Crippen LogP contribution >= 0.6 is 0 Å². The lowest BCUT2D eigenvalue weighted by molar-refractivity contribution is -0.201. The molecule has 2 aliphatic heterocycles. The van der Waals surface area contributed by atoms with E-state index in [0.717, 1.165) is 4.57 Å². The average Bonchev–Trinajstić information content (AvgIpc) is 3.22. The van der Waals surface area contributed by atoms with Gasteiger partial charge in [0.05, 0.1) is 37.0 Å². The number of hydrogen-bond donors (Lipinski definition) is 3. The molecule has 0 unspecified atom stereocenters. The van der Waals surface area contributed by atoms with Crippen LogP contribution in [0.5, 0.6) is 0 Å². The Hall–Kier alpha value is -3.03. The number of ether oxygens (including phenoxy) is 1. The number of piperidine rings is 1. The zero-order valence-corrected chi connectivity index (χ0v) is 19.6. The fourth-order valence-electron chi connectivity index (χ4n) is 5.05. The van der Waals surface area contributed by atoms with E-state index in [0.29, 0.717) is 32.4 Å². The molecule has 2 aliphatic rings. The molecule has 1 spiro atoms. The van der Waals surface area contributed by atoms with Gasteiger partial charge < -0.3 is 30.8 Å². The summed E-state index contributed by atoms with van der Waals surface area (Å²) >= 11 is 0. The first kappa shape index (κ1) is 24.1. The van der Waals surface area contributed by atoms with Gasteiger partial charge in [-0.1, -0.05) is 0 Å². The molecule has 0 aliphatic carbocycles. The average molecular weight is 478 g/mol. The Morgan fingerprint density at radius 1 is 1.26 bits per heavy atom. The van der Waals surface area contributed by atoms with Crippen molar-refractivity contribution in [2.75, 3.05) is 19.7 Å². The molecule has 34 heavy (non-hydrogen) atoms. The van der Waals surface area contributed by atoms with Gasteiger partial charge in [-0.2, -0.15) is 0 Å². The normalized spacial score (nSPS) is 25.6. The van der Waals surface area contributed by atoms with Gasteiger partial charge in [0, 0.05) is 33.6 Å². The van der Waals surface area contributed by atoms with E-state index in [4.69, 9.17) is 16.2 Å². The summed E-state index contributed by atoms with van der Waals surface area (Å²) in [6.07, 6.45) is 2.64. The number of likely N-dealkylation sites (tertiary alicyclic amines) is 1. The molecule has 0 bridgehead atoms. The Kier molecular flexibility index (Phi) is 5.90. The number of amides is 2. The van der Waals surface area contributed by atoms with Crippen molar-refractivity contribution in [3.8, 4) is 0 Å². The van der Waals surface area contributed by atoms with E-state index in [2.05, 4.69) is 4.98 Å². The highest BCUT2D eigenvalue weighted by atomic mass is 16.5. The van der Waals surface area contributed by atoms with Gasteiger partial charge in [-0.25, -0.2) is 9.78 Å². The molecule has 13 heteroatoms. The van der Waals surface area contributed by atoms with E-state index in [1.807, 2.05) is 0 Å². The molecule has 0 radical (unpaired) electrons. The van der Waals surface area contributed by atoms with Crippen molar-refractivity contribution in [2.24, 2.45) is 25.6 Å². The summed E-state index contributed by atoms with van der Waals surface area (Å²) in [5, 5.41) is 11.2. The van der Waals surface area contributed by atoms with E-state index in [9.17, 15) is 24.3 Å². The second kappa shape index (κ2) is 8.32. The van der Waals surface area contributed by atoms with E-state index >= 15 is 0 Å². The molecule has 3 atom stereocenters. The van der Waals surface area contributed by atoms with Crippen LogP contribution in [0.25, 0.3) is 11.2 Å². The quantitative estimate of drug-likeness (QED) is 0.440. The highest BCUT2D eigenvalue weighted by Crippen LogP contribution is 2.44. The zero-order valence-electron chi connectivity index (χ0n) is 19.6. The van der Waals surface area contributed by atoms with Gasteiger partial charge in [-0.05, 0) is 19.8 Å². The molecule has 2 amide bonds. The minimum Gasteiger partial charge on any atom is -0.386 e. The number of primary amides is 1. The summed E-state index contributed by atoms with van der Waals surface area (Å²) in [5.41, 5.74) is 8.56. The smallest absolute Gasteiger partial charge is 0.332 e. The van der Waals surface area contributed by atoms with Crippen LogP contribution in [-0.4, -0.2) is 77.4 Å². The lowest BCUT2D eigenvalue weighted by Gasteiger charge is -2.51. The van der Waals surface area contributed by atoms with Crippen LogP contribution in [0.4, 0.5) is 0 Å². The number of aromatic nitrogens is 4. The Morgan fingerprint density at radius 2 is 1.91 bits per heavy atom. The summed E-state index contributed by atoms with van der Waals surface area (Å²) in [5.74, 6) is -0.968. The molecule has 186 valence electrons. The van der Waals surface area contributed by atoms with Gasteiger partial charge in [-0.15, -0.1) is 0 Å². The first-order valence-electron chi connectivity index (χ1n) is 11.2. The maximum atomic E-state index is 12.9. The molecule has 5 N–H and O–H groups in total. The third-order valence-corrected chi connectivity index (χ3v) is 7.19. The predicted octanol–water partition coefficient (Wildman–Crippen LogP) is -2.29. The Bertz CT molecular complexity index is 1250. The molecular formula is C21H31N7O6. The van der Waals surface area contributed by atoms with Gasteiger partial charge in [0.1, 0.15) is 5.60 Å². The molecule has 2 aromatic rings. The van der Waals surface area contributed by atoms with Crippen molar-refractivity contribution in [1.29, 1.82) is 0 Å². The summed E-state index contributed by atoms with van der Waals surface area (Å²) in [6.45, 7) is 2.42. The van der Waals surface area contributed by atoms with E-state index in [-0.39, 0.29) is 30.1 Å². The predicted molar refractivity (Wildman–Crippen MR) is 121 cm³/mol. The highest BCUT2D eigenvalue weighted by molar-refractivity contribution is 5.87. The van der Waals surface area contributed by atoms with Crippen molar-refractivity contribution >= 4 is 23.0 Å². The fourth-order valence-corrected chi connectivity index (χ4v) is 5.05. The van der Waals surface area contributed by atoms with Gasteiger partial charge in [-0.3, -0.25) is 23.5 Å². The first-order valence-corrected chi connectivity index (χ1v) is 11.2.